The van der Waals surface area contributed by atoms with Gasteiger partial charge in [-0.3, -0.25) is 9.59 Å². The molecule has 2 aliphatic heterocycles. The van der Waals surface area contributed by atoms with Gasteiger partial charge >= 0.3 is 0 Å². The summed E-state index contributed by atoms with van der Waals surface area (Å²) in [7, 11) is 0. The molecule has 1 N–H and O–H groups in total. The van der Waals surface area contributed by atoms with Crippen LogP contribution in [0, 0.1) is 0 Å². The molecule has 0 bridgehead atoms. The van der Waals surface area contributed by atoms with Gasteiger partial charge in [-0.05, 0) is 31.5 Å². The van der Waals surface area contributed by atoms with E-state index >= 15 is 0 Å². The Morgan fingerprint density at radius 1 is 1.19 bits per heavy atom. The largest absolute Gasteiger partial charge is 0.373 e. The average molecular weight is 368 g/mol. The number of ether oxygens (including phenoxy) is 1. The number of hydrogen-bond acceptors (Lipinski definition) is 5. The number of aromatic nitrogens is 2. The van der Waals surface area contributed by atoms with Crippen LogP contribution in [0.1, 0.15) is 34.9 Å². The SMILES string of the molecule is O=C(c1c[nH]c(=O)cn1)N1CCO[C@@H](CN2CCCC2)[C@@H]1c1ccccc1. The number of carbonyl (C=O) groups excluding carboxylic acids is 1. The number of amides is 1. The molecule has 27 heavy (non-hydrogen) atoms. The third kappa shape index (κ3) is 3.94. The molecule has 1 aromatic heterocycles. The Bertz CT molecular complexity index is 812. The first-order chi connectivity index (χ1) is 13.2. The van der Waals surface area contributed by atoms with E-state index in [1.54, 1.807) is 0 Å². The number of likely N-dealkylation sites (tertiary alicyclic amines) is 1. The van der Waals surface area contributed by atoms with Gasteiger partial charge in [0, 0.05) is 19.3 Å². The second-order valence-corrected chi connectivity index (χ2v) is 7.07. The van der Waals surface area contributed by atoms with Gasteiger partial charge in [0.05, 0.1) is 24.9 Å². The molecule has 7 heteroatoms. The first-order valence-electron chi connectivity index (χ1n) is 9.47. The van der Waals surface area contributed by atoms with Crippen LogP contribution in [0.3, 0.4) is 0 Å². The topological polar surface area (TPSA) is 78.5 Å². The van der Waals surface area contributed by atoms with Crippen molar-refractivity contribution in [2.45, 2.75) is 25.0 Å². The third-order valence-corrected chi connectivity index (χ3v) is 5.28. The Morgan fingerprint density at radius 3 is 2.67 bits per heavy atom. The molecule has 142 valence electrons. The number of benzene rings is 1. The highest BCUT2D eigenvalue weighted by Gasteiger charge is 2.38. The van der Waals surface area contributed by atoms with Crippen LogP contribution >= 0.6 is 0 Å². The van der Waals surface area contributed by atoms with Crippen LogP contribution in [0.25, 0.3) is 0 Å². The van der Waals surface area contributed by atoms with E-state index in [2.05, 4.69) is 14.9 Å². The smallest absolute Gasteiger partial charge is 0.274 e. The number of rotatable bonds is 4. The summed E-state index contributed by atoms with van der Waals surface area (Å²) in [5, 5.41) is 0. The normalized spacial score (nSPS) is 23.5. The average Bonchev–Trinajstić information content (AvgIpc) is 3.22. The number of nitrogens with zero attached hydrogens (tertiary/aromatic N) is 3. The number of H-pyrrole nitrogens is 1. The van der Waals surface area contributed by atoms with E-state index in [1.165, 1.54) is 19.0 Å². The van der Waals surface area contributed by atoms with Gasteiger partial charge in [0.25, 0.3) is 11.5 Å². The zero-order valence-electron chi connectivity index (χ0n) is 15.2. The zero-order valence-corrected chi connectivity index (χ0v) is 15.2. The molecule has 0 saturated carbocycles. The summed E-state index contributed by atoms with van der Waals surface area (Å²) in [5.74, 6) is -0.185. The number of hydrogen-bond donors (Lipinski definition) is 1. The third-order valence-electron chi connectivity index (χ3n) is 5.28. The molecule has 2 saturated heterocycles. The molecule has 1 aromatic carbocycles. The zero-order chi connectivity index (χ0) is 18.6. The van der Waals surface area contributed by atoms with Gasteiger partial charge in [-0.15, -0.1) is 0 Å². The van der Waals surface area contributed by atoms with Gasteiger partial charge in [-0.2, -0.15) is 0 Å². The van der Waals surface area contributed by atoms with Crippen molar-refractivity contribution in [3.63, 3.8) is 0 Å². The van der Waals surface area contributed by atoms with Crippen molar-refractivity contribution < 1.29 is 9.53 Å². The van der Waals surface area contributed by atoms with E-state index in [1.807, 2.05) is 35.2 Å². The van der Waals surface area contributed by atoms with Crippen LogP contribution in [0.5, 0.6) is 0 Å². The second-order valence-electron chi connectivity index (χ2n) is 7.07. The molecule has 0 spiro atoms. The molecule has 7 nitrogen and oxygen atoms in total. The predicted molar refractivity (Wildman–Crippen MR) is 100 cm³/mol. The highest BCUT2D eigenvalue weighted by molar-refractivity contribution is 5.92. The van der Waals surface area contributed by atoms with Gasteiger partial charge in [0.1, 0.15) is 5.69 Å². The first-order valence-corrected chi connectivity index (χ1v) is 9.47. The summed E-state index contributed by atoms with van der Waals surface area (Å²) in [4.78, 5) is 35.2. The first kappa shape index (κ1) is 17.9. The summed E-state index contributed by atoms with van der Waals surface area (Å²) in [6.07, 6.45) is 4.87. The molecule has 2 atom stereocenters. The van der Waals surface area contributed by atoms with Crippen molar-refractivity contribution in [3.05, 3.63) is 64.3 Å². The van der Waals surface area contributed by atoms with Crippen molar-refractivity contribution >= 4 is 5.91 Å². The predicted octanol–water partition coefficient (Wildman–Crippen LogP) is 1.45. The quantitative estimate of drug-likeness (QED) is 0.884. The van der Waals surface area contributed by atoms with Crippen LogP contribution in [-0.2, 0) is 4.74 Å². The Morgan fingerprint density at radius 2 is 1.96 bits per heavy atom. The minimum Gasteiger partial charge on any atom is -0.373 e. The summed E-state index contributed by atoms with van der Waals surface area (Å²) in [6.45, 7) is 3.96. The maximum absolute atomic E-state index is 13.1. The number of carbonyl (C=O) groups is 1. The second kappa shape index (κ2) is 8.02. The Hall–Kier alpha value is -2.51. The molecular weight excluding hydrogens is 344 g/mol. The van der Waals surface area contributed by atoms with Gasteiger partial charge in [0.15, 0.2) is 0 Å². The molecule has 0 aliphatic carbocycles. The number of nitrogens with one attached hydrogen (secondary N) is 1. The van der Waals surface area contributed by atoms with E-state index < -0.39 is 0 Å². The van der Waals surface area contributed by atoms with Crippen LogP contribution in [-0.4, -0.2) is 64.6 Å². The molecular formula is C20H24N4O3. The maximum Gasteiger partial charge on any atom is 0.274 e. The Kier molecular flexibility index (Phi) is 5.31. The van der Waals surface area contributed by atoms with Gasteiger partial charge < -0.3 is 19.5 Å². The lowest BCUT2D eigenvalue weighted by Gasteiger charge is -2.42. The Labute approximate surface area is 158 Å². The maximum atomic E-state index is 13.1. The summed E-state index contributed by atoms with van der Waals surface area (Å²) < 4.78 is 6.13. The van der Waals surface area contributed by atoms with E-state index in [4.69, 9.17) is 4.74 Å². The molecule has 2 fully saturated rings. The van der Waals surface area contributed by atoms with Crippen molar-refractivity contribution in [3.8, 4) is 0 Å². The fraction of sp³-hybridized carbons (Fsp3) is 0.450. The molecule has 0 unspecified atom stereocenters. The summed E-state index contributed by atoms with van der Waals surface area (Å²) in [5.41, 5.74) is 0.983. The van der Waals surface area contributed by atoms with Gasteiger partial charge in [0.2, 0.25) is 0 Å². The monoisotopic (exact) mass is 368 g/mol. The van der Waals surface area contributed by atoms with Crippen molar-refractivity contribution in [1.82, 2.24) is 19.8 Å². The number of aromatic amines is 1. The number of morpholine rings is 1. The lowest BCUT2D eigenvalue weighted by molar-refractivity contribution is -0.0708. The lowest BCUT2D eigenvalue weighted by atomic mass is 9.97. The highest BCUT2D eigenvalue weighted by Crippen LogP contribution is 2.31. The molecule has 3 heterocycles. The van der Waals surface area contributed by atoms with Crippen molar-refractivity contribution in [2.75, 3.05) is 32.8 Å². The van der Waals surface area contributed by atoms with Crippen molar-refractivity contribution in [2.24, 2.45) is 0 Å². The fourth-order valence-electron chi connectivity index (χ4n) is 3.98. The van der Waals surface area contributed by atoms with Gasteiger partial charge in [-0.25, -0.2) is 4.98 Å². The lowest BCUT2D eigenvalue weighted by Crippen LogP contribution is -2.51. The minimum atomic E-state index is -0.319. The standard InChI is InChI=1S/C20H24N4O3/c25-18-13-21-16(12-22-18)20(26)24-10-11-27-17(14-23-8-4-5-9-23)19(24)15-6-2-1-3-7-15/h1-3,6-7,12-13,17,19H,4-5,8-11,14H2,(H,22,25)/t17-,19-/m0/s1. The van der Waals surface area contributed by atoms with Crippen LogP contribution in [0.15, 0.2) is 47.5 Å². The Balaban J connectivity index is 1.64. The molecule has 4 rings (SSSR count). The highest BCUT2D eigenvalue weighted by atomic mass is 16.5. The van der Waals surface area contributed by atoms with E-state index in [0.717, 1.165) is 31.4 Å². The molecule has 1 amide bonds. The van der Waals surface area contributed by atoms with E-state index in [0.29, 0.717) is 13.2 Å². The summed E-state index contributed by atoms with van der Waals surface area (Å²) in [6, 6.07) is 9.84. The van der Waals surface area contributed by atoms with Gasteiger partial charge in [-0.1, -0.05) is 30.3 Å². The molecule has 2 aromatic rings. The van der Waals surface area contributed by atoms with Crippen LogP contribution in [0.2, 0.25) is 0 Å². The minimum absolute atomic E-state index is 0.0917. The van der Waals surface area contributed by atoms with E-state index in [-0.39, 0.29) is 29.3 Å². The fourth-order valence-corrected chi connectivity index (χ4v) is 3.98. The molecule has 0 radical (unpaired) electrons. The molecule has 2 aliphatic rings. The van der Waals surface area contributed by atoms with Crippen LogP contribution < -0.4 is 5.56 Å². The van der Waals surface area contributed by atoms with Crippen molar-refractivity contribution in [1.29, 1.82) is 0 Å². The van der Waals surface area contributed by atoms with E-state index in [9.17, 15) is 9.59 Å². The summed E-state index contributed by atoms with van der Waals surface area (Å²) >= 11 is 0. The van der Waals surface area contributed by atoms with Crippen LogP contribution in [0.4, 0.5) is 0 Å².